The van der Waals surface area contributed by atoms with Gasteiger partial charge < -0.3 is 4.74 Å². The van der Waals surface area contributed by atoms with Crippen LogP contribution in [0.4, 0.5) is 0 Å². The second-order valence-electron chi connectivity index (χ2n) is 3.16. The average molecular weight is 170 g/mol. The van der Waals surface area contributed by atoms with Crippen LogP contribution in [0.25, 0.3) is 0 Å². The molecule has 0 saturated carbocycles. The van der Waals surface area contributed by atoms with E-state index in [1.54, 1.807) is 19.9 Å². The lowest BCUT2D eigenvalue weighted by molar-refractivity contribution is -0.148. The van der Waals surface area contributed by atoms with Gasteiger partial charge in [0.05, 0.1) is 12.5 Å². The van der Waals surface area contributed by atoms with Crippen LogP contribution in [-0.2, 0) is 14.3 Å². The van der Waals surface area contributed by atoms with E-state index in [1.165, 1.54) is 20.1 Å². The average Bonchev–Trinajstić information content (AvgIpc) is 1.99. The van der Waals surface area contributed by atoms with Gasteiger partial charge in [-0.3, -0.25) is 9.59 Å². The van der Waals surface area contributed by atoms with Crippen LogP contribution in [0.2, 0.25) is 0 Å². The Morgan fingerprint density at radius 2 is 1.83 bits per heavy atom. The summed E-state index contributed by atoms with van der Waals surface area (Å²) in [5, 5.41) is 0. The van der Waals surface area contributed by atoms with Crippen molar-refractivity contribution in [1.82, 2.24) is 0 Å². The van der Waals surface area contributed by atoms with Crippen LogP contribution in [-0.4, -0.2) is 18.9 Å². The number of hydrogen-bond acceptors (Lipinski definition) is 3. The predicted molar refractivity (Wildman–Crippen MR) is 45.6 cm³/mol. The number of carbonyl (C=O) groups excluding carboxylic acids is 2. The Bertz CT molecular complexity index is 214. The normalized spacial score (nSPS) is 11.7. The quantitative estimate of drug-likeness (QED) is 0.474. The Morgan fingerprint density at radius 1 is 1.33 bits per heavy atom. The molecule has 0 unspecified atom stereocenters. The minimum absolute atomic E-state index is 0.0769. The third-order valence-electron chi connectivity index (χ3n) is 1.45. The van der Waals surface area contributed by atoms with Gasteiger partial charge in [0.15, 0.2) is 5.78 Å². The molecule has 0 heterocycles. The van der Waals surface area contributed by atoms with Crippen LogP contribution >= 0.6 is 0 Å². The van der Waals surface area contributed by atoms with Crippen molar-refractivity contribution in [2.75, 3.05) is 7.11 Å². The minimum atomic E-state index is -0.722. The SMILES string of the molecule is COC(=O)C(C)(C)C=CC(C)=O. The number of ether oxygens (including phenoxy) is 1. The van der Waals surface area contributed by atoms with E-state index in [4.69, 9.17) is 0 Å². The Hall–Kier alpha value is -1.12. The summed E-state index contributed by atoms with van der Waals surface area (Å²) < 4.78 is 4.55. The van der Waals surface area contributed by atoms with Gasteiger partial charge in [0.2, 0.25) is 0 Å². The molecule has 68 valence electrons. The largest absolute Gasteiger partial charge is 0.468 e. The van der Waals surface area contributed by atoms with Crippen molar-refractivity contribution in [3.05, 3.63) is 12.2 Å². The van der Waals surface area contributed by atoms with Gasteiger partial charge in [0.1, 0.15) is 0 Å². The maximum Gasteiger partial charge on any atom is 0.315 e. The monoisotopic (exact) mass is 170 g/mol. The van der Waals surface area contributed by atoms with Crippen LogP contribution in [0, 0.1) is 5.41 Å². The summed E-state index contributed by atoms with van der Waals surface area (Å²) in [6, 6.07) is 0. The summed E-state index contributed by atoms with van der Waals surface area (Å²) in [5.74, 6) is -0.424. The lowest BCUT2D eigenvalue weighted by atomic mass is 9.93. The molecule has 0 rings (SSSR count). The topological polar surface area (TPSA) is 43.4 Å². The lowest BCUT2D eigenvalue weighted by Crippen LogP contribution is -2.23. The van der Waals surface area contributed by atoms with E-state index in [9.17, 15) is 9.59 Å². The number of hydrogen-bond donors (Lipinski definition) is 0. The molecule has 3 nitrogen and oxygen atoms in total. The lowest BCUT2D eigenvalue weighted by Gasteiger charge is -2.15. The molecule has 0 amide bonds. The molecule has 0 aliphatic heterocycles. The Morgan fingerprint density at radius 3 is 2.17 bits per heavy atom. The van der Waals surface area contributed by atoms with Crippen molar-refractivity contribution in [3.63, 3.8) is 0 Å². The van der Waals surface area contributed by atoms with Crippen LogP contribution < -0.4 is 0 Å². The summed E-state index contributed by atoms with van der Waals surface area (Å²) in [7, 11) is 1.33. The van der Waals surface area contributed by atoms with E-state index in [1.807, 2.05) is 0 Å². The number of methoxy groups -OCH3 is 1. The second-order valence-corrected chi connectivity index (χ2v) is 3.16. The van der Waals surface area contributed by atoms with Gasteiger partial charge in [0.25, 0.3) is 0 Å². The van der Waals surface area contributed by atoms with Crippen LogP contribution in [0.15, 0.2) is 12.2 Å². The molecule has 0 saturated heterocycles. The second kappa shape index (κ2) is 4.04. The fourth-order valence-corrected chi connectivity index (χ4v) is 0.657. The minimum Gasteiger partial charge on any atom is -0.468 e. The fourth-order valence-electron chi connectivity index (χ4n) is 0.657. The highest BCUT2D eigenvalue weighted by Crippen LogP contribution is 2.18. The number of ketones is 1. The molecule has 0 fully saturated rings. The zero-order valence-corrected chi connectivity index (χ0v) is 7.88. The van der Waals surface area contributed by atoms with Gasteiger partial charge in [0, 0.05) is 0 Å². The summed E-state index contributed by atoms with van der Waals surface area (Å²) in [6.07, 6.45) is 2.91. The third kappa shape index (κ3) is 3.32. The van der Waals surface area contributed by atoms with Crippen molar-refractivity contribution in [2.24, 2.45) is 5.41 Å². The van der Waals surface area contributed by atoms with Gasteiger partial charge in [-0.05, 0) is 26.8 Å². The molecule has 0 aromatic rings. The molecular weight excluding hydrogens is 156 g/mol. The molecular formula is C9H14O3. The van der Waals surface area contributed by atoms with E-state index in [0.29, 0.717) is 0 Å². The van der Waals surface area contributed by atoms with Crippen molar-refractivity contribution < 1.29 is 14.3 Å². The van der Waals surface area contributed by atoms with Gasteiger partial charge >= 0.3 is 5.97 Å². The molecule has 12 heavy (non-hydrogen) atoms. The zero-order valence-electron chi connectivity index (χ0n) is 7.88. The maximum absolute atomic E-state index is 11.1. The molecule has 0 aromatic carbocycles. The maximum atomic E-state index is 11.1. The zero-order chi connectivity index (χ0) is 9.78. The van der Waals surface area contributed by atoms with Crippen LogP contribution in [0.5, 0.6) is 0 Å². The van der Waals surface area contributed by atoms with E-state index in [2.05, 4.69) is 4.74 Å². The molecule has 0 aliphatic rings. The predicted octanol–water partition coefficient (Wildman–Crippen LogP) is 1.33. The Balaban J connectivity index is 4.41. The molecule has 0 bridgehead atoms. The summed E-state index contributed by atoms with van der Waals surface area (Å²) in [5.41, 5.74) is -0.722. The van der Waals surface area contributed by atoms with Gasteiger partial charge in [-0.25, -0.2) is 0 Å². The first kappa shape index (κ1) is 10.9. The van der Waals surface area contributed by atoms with Crippen molar-refractivity contribution in [3.8, 4) is 0 Å². The van der Waals surface area contributed by atoms with Crippen LogP contribution in [0.3, 0.4) is 0 Å². The van der Waals surface area contributed by atoms with E-state index in [0.717, 1.165) is 0 Å². The molecule has 0 atom stereocenters. The molecule has 0 spiro atoms. The van der Waals surface area contributed by atoms with E-state index >= 15 is 0 Å². The number of allylic oxidation sites excluding steroid dienone is 1. The molecule has 0 aliphatic carbocycles. The highest BCUT2D eigenvalue weighted by Gasteiger charge is 2.24. The van der Waals surface area contributed by atoms with Gasteiger partial charge in [-0.2, -0.15) is 0 Å². The number of esters is 1. The van der Waals surface area contributed by atoms with Gasteiger partial charge in [-0.15, -0.1) is 0 Å². The third-order valence-corrected chi connectivity index (χ3v) is 1.45. The van der Waals surface area contributed by atoms with Crippen LogP contribution in [0.1, 0.15) is 20.8 Å². The first-order valence-corrected chi connectivity index (χ1v) is 3.68. The first-order chi connectivity index (χ1) is 5.40. The van der Waals surface area contributed by atoms with Crippen molar-refractivity contribution >= 4 is 11.8 Å². The summed E-state index contributed by atoms with van der Waals surface area (Å²) in [4.78, 5) is 21.6. The Labute approximate surface area is 72.4 Å². The summed E-state index contributed by atoms with van der Waals surface area (Å²) >= 11 is 0. The van der Waals surface area contributed by atoms with Gasteiger partial charge in [-0.1, -0.05) is 6.08 Å². The molecule has 0 radical (unpaired) electrons. The number of rotatable bonds is 3. The summed E-state index contributed by atoms with van der Waals surface area (Å²) in [6.45, 7) is 4.82. The molecule has 0 N–H and O–H groups in total. The fraction of sp³-hybridized carbons (Fsp3) is 0.556. The van der Waals surface area contributed by atoms with E-state index in [-0.39, 0.29) is 11.8 Å². The van der Waals surface area contributed by atoms with Crippen molar-refractivity contribution in [2.45, 2.75) is 20.8 Å². The molecule has 3 heteroatoms. The van der Waals surface area contributed by atoms with Crippen molar-refractivity contribution in [1.29, 1.82) is 0 Å². The standard InChI is InChI=1S/C9H14O3/c1-7(10)5-6-9(2,3)8(11)12-4/h5-6H,1-4H3. The first-order valence-electron chi connectivity index (χ1n) is 3.68. The smallest absolute Gasteiger partial charge is 0.315 e. The Kier molecular flexibility index (Phi) is 3.67. The highest BCUT2D eigenvalue weighted by molar-refractivity contribution is 5.89. The number of carbonyl (C=O) groups is 2. The molecule has 0 aromatic heterocycles. The van der Waals surface area contributed by atoms with E-state index < -0.39 is 5.41 Å². The highest BCUT2D eigenvalue weighted by atomic mass is 16.5.